The standard InChI is InChI=1S/C21H14N2/c22-19-10-15-12-23-20-11-14-6-2-1-5-13(14)9-18(20)21(15)17-8-4-3-7-16(17)19/h1-12H,22H2. The maximum absolute atomic E-state index is 6.23. The Kier molecular flexibility index (Phi) is 2.39. The first-order valence-electron chi connectivity index (χ1n) is 7.70. The molecule has 0 atom stereocenters. The molecule has 23 heavy (non-hydrogen) atoms. The molecule has 108 valence electrons. The minimum Gasteiger partial charge on any atom is -0.398 e. The lowest BCUT2D eigenvalue weighted by atomic mass is 9.96. The highest BCUT2D eigenvalue weighted by atomic mass is 14.7. The summed E-state index contributed by atoms with van der Waals surface area (Å²) in [6.45, 7) is 0. The van der Waals surface area contributed by atoms with E-state index in [-0.39, 0.29) is 0 Å². The molecule has 1 heterocycles. The fourth-order valence-corrected chi connectivity index (χ4v) is 3.50. The minimum absolute atomic E-state index is 0.801. The zero-order chi connectivity index (χ0) is 15.4. The van der Waals surface area contributed by atoms with Gasteiger partial charge in [-0.3, -0.25) is 4.98 Å². The van der Waals surface area contributed by atoms with Gasteiger partial charge in [-0.25, -0.2) is 0 Å². The first kappa shape index (κ1) is 12.4. The monoisotopic (exact) mass is 294 g/mol. The molecule has 2 N–H and O–H groups in total. The minimum atomic E-state index is 0.801. The molecule has 0 bridgehead atoms. The summed E-state index contributed by atoms with van der Waals surface area (Å²) >= 11 is 0. The second kappa shape index (κ2) is 4.43. The number of hydrogen-bond donors (Lipinski definition) is 1. The van der Waals surface area contributed by atoms with Gasteiger partial charge in [-0.2, -0.15) is 0 Å². The summed E-state index contributed by atoms with van der Waals surface area (Å²) in [5.41, 5.74) is 8.05. The summed E-state index contributed by atoms with van der Waals surface area (Å²) in [6, 6.07) is 23.2. The second-order valence-corrected chi connectivity index (χ2v) is 5.95. The first-order valence-corrected chi connectivity index (χ1v) is 7.70. The van der Waals surface area contributed by atoms with Crippen LogP contribution in [0.25, 0.3) is 43.2 Å². The molecule has 2 heteroatoms. The third-order valence-electron chi connectivity index (χ3n) is 4.58. The van der Waals surface area contributed by atoms with Crippen LogP contribution in [0.3, 0.4) is 0 Å². The zero-order valence-corrected chi connectivity index (χ0v) is 12.5. The third kappa shape index (κ3) is 1.72. The number of aromatic nitrogens is 1. The van der Waals surface area contributed by atoms with Crippen LogP contribution in [0.5, 0.6) is 0 Å². The van der Waals surface area contributed by atoms with Crippen LogP contribution in [-0.4, -0.2) is 4.98 Å². The number of pyridine rings is 1. The van der Waals surface area contributed by atoms with E-state index in [1.807, 2.05) is 18.3 Å². The van der Waals surface area contributed by atoms with E-state index in [9.17, 15) is 0 Å². The number of nitrogens with two attached hydrogens (primary N) is 1. The van der Waals surface area contributed by atoms with Crippen LogP contribution in [0, 0.1) is 0 Å². The van der Waals surface area contributed by atoms with Crippen molar-refractivity contribution in [2.45, 2.75) is 0 Å². The number of nitrogen functional groups attached to an aromatic ring is 1. The van der Waals surface area contributed by atoms with Gasteiger partial charge in [-0.1, -0.05) is 48.5 Å². The molecule has 5 aromatic rings. The molecule has 0 radical (unpaired) electrons. The van der Waals surface area contributed by atoms with Gasteiger partial charge in [0.1, 0.15) is 0 Å². The largest absolute Gasteiger partial charge is 0.398 e. The van der Waals surface area contributed by atoms with Gasteiger partial charge in [0.15, 0.2) is 0 Å². The van der Waals surface area contributed by atoms with Gasteiger partial charge in [0.2, 0.25) is 0 Å². The summed E-state index contributed by atoms with van der Waals surface area (Å²) in [5, 5.41) is 8.22. The van der Waals surface area contributed by atoms with E-state index in [1.165, 1.54) is 26.9 Å². The van der Waals surface area contributed by atoms with E-state index in [0.717, 1.165) is 22.0 Å². The van der Waals surface area contributed by atoms with Crippen molar-refractivity contribution in [3.8, 4) is 0 Å². The van der Waals surface area contributed by atoms with Crippen molar-refractivity contribution in [2.75, 3.05) is 5.73 Å². The van der Waals surface area contributed by atoms with E-state index >= 15 is 0 Å². The number of hydrogen-bond acceptors (Lipinski definition) is 2. The van der Waals surface area contributed by atoms with Crippen LogP contribution in [0.1, 0.15) is 0 Å². The molecule has 0 aliphatic carbocycles. The smallest absolute Gasteiger partial charge is 0.0715 e. The molecule has 0 spiro atoms. The molecule has 0 amide bonds. The molecule has 0 unspecified atom stereocenters. The molecule has 1 aromatic heterocycles. The Bertz CT molecular complexity index is 1220. The van der Waals surface area contributed by atoms with Crippen molar-refractivity contribution in [3.05, 3.63) is 72.9 Å². The van der Waals surface area contributed by atoms with Gasteiger partial charge in [-0.15, -0.1) is 0 Å². The maximum atomic E-state index is 6.23. The SMILES string of the molecule is Nc1cc2cnc3cc4ccccc4cc3c2c2ccccc12. The Labute approximate surface area is 133 Å². The zero-order valence-electron chi connectivity index (χ0n) is 12.5. The Morgan fingerprint density at radius 2 is 1.35 bits per heavy atom. The Morgan fingerprint density at radius 3 is 2.17 bits per heavy atom. The van der Waals surface area contributed by atoms with Gasteiger partial charge >= 0.3 is 0 Å². The van der Waals surface area contributed by atoms with Gasteiger partial charge in [0.25, 0.3) is 0 Å². The van der Waals surface area contributed by atoms with E-state index in [4.69, 9.17) is 5.73 Å². The lowest BCUT2D eigenvalue weighted by Gasteiger charge is -2.10. The van der Waals surface area contributed by atoms with Crippen molar-refractivity contribution in [1.82, 2.24) is 4.98 Å². The number of anilines is 1. The normalized spacial score (nSPS) is 11.7. The summed E-state index contributed by atoms with van der Waals surface area (Å²) in [4.78, 5) is 4.65. The predicted octanol–water partition coefficient (Wildman–Crippen LogP) is 5.28. The highest BCUT2D eigenvalue weighted by molar-refractivity contribution is 6.23. The molecule has 0 fully saturated rings. The number of benzene rings is 4. The quantitative estimate of drug-likeness (QED) is 0.240. The number of nitrogens with zero attached hydrogens (tertiary/aromatic N) is 1. The van der Waals surface area contributed by atoms with Crippen LogP contribution in [0.4, 0.5) is 5.69 Å². The van der Waals surface area contributed by atoms with Crippen molar-refractivity contribution in [2.24, 2.45) is 0 Å². The molecule has 5 rings (SSSR count). The maximum Gasteiger partial charge on any atom is 0.0715 e. The summed E-state index contributed by atoms with van der Waals surface area (Å²) in [7, 11) is 0. The van der Waals surface area contributed by atoms with Crippen LogP contribution < -0.4 is 5.73 Å². The molecule has 4 aromatic carbocycles. The lowest BCUT2D eigenvalue weighted by molar-refractivity contribution is 1.45. The van der Waals surface area contributed by atoms with Crippen molar-refractivity contribution in [1.29, 1.82) is 0 Å². The van der Waals surface area contributed by atoms with Crippen molar-refractivity contribution >= 4 is 48.9 Å². The summed E-state index contributed by atoms with van der Waals surface area (Å²) in [5.74, 6) is 0. The lowest BCUT2D eigenvalue weighted by Crippen LogP contribution is -1.90. The number of rotatable bonds is 0. The fourth-order valence-electron chi connectivity index (χ4n) is 3.50. The topological polar surface area (TPSA) is 38.9 Å². The van der Waals surface area contributed by atoms with Gasteiger partial charge in [0.05, 0.1) is 5.52 Å². The Morgan fingerprint density at radius 1 is 0.652 bits per heavy atom. The number of fused-ring (bicyclic) bond motifs is 6. The van der Waals surface area contributed by atoms with Gasteiger partial charge in [0, 0.05) is 33.4 Å². The van der Waals surface area contributed by atoms with E-state index in [0.29, 0.717) is 0 Å². The average molecular weight is 294 g/mol. The van der Waals surface area contributed by atoms with Gasteiger partial charge in [-0.05, 0) is 34.4 Å². The summed E-state index contributed by atoms with van der Waals surface area (Å²) < 4.78 is 0. The highest BCUT2D eigenvalue weighted by Crippen LogP contribution is 2.35. The van der Waals surface area contributed by atoms with E-state index in [1.54, 1.807) is 0 Å². The molecule has 0 saturated heterocycles. The van der Waals surface area contributed by atoms with Crippen molar-refractivity contribution < 1.29 is 0 Å². The van der Waals surface area contributed by atoms with Gasteiger partial charge < -0.3 is 5.73 Å². The predicted molar refractivity (Wildman–Crippen MR) is 98.7 cm³/mol. The molecule has 0 aliphatic rings. The Balaban J connectivity index is 2.10. The van der Waals surface area contributed by atoms with Crippen molar-refractivity contribution in [3.63, 3.8) is 0 Å². The molecular weight excluding hydrogens is 280 g/mol. The molecular formula is C21H14N2. The van der Waals surface area contributed by atoms with E-state index in [2.05, 4.69) is 59.6 Å². The van der Waals surface area contributed by atoms with Crippen LogP contribution in [-0.2, 0) is 0 Å². The fraction of sp³-hybridized carbons (Fsp3) is 0. The first-order chi connectivity index (χ1) is 11.3. The Hall–Kier alpha value is -3.13. The van der Waals surface area contributed by atoms with Crippen LogP contribution in [0.15, 0.2) is 72.9 Å². The highest BCUT2D eigenvalue weighted by Gasteiger charge is 2.09. The average Bonchev–Trinajstić information content (AvgIpc) is 2.60. The van der Waals surface area contributed by atoms with Crippen LogP contribution in [0.2, 0.25) is 0 Å². The van der Waals surface area contributed by atoms with E-state index < -0.39 is 0 Å². The second-order valence-electron chi connectivity index (χ2n) is 5.95. The van der Waals surface area contributed by atoms with Crippen LogP contribution >= 0.6 is 0 Å². The molecule has 0 aliphatic heterocycles. The third-order valence-corrected chi connectivity index (χ3v) is 4.58. The molecule has 0 saturated carbocycles. The molecule has 2 nitrogen and oxygen atoms in total. The summed E-state index contributed by atoms with van der Waals surface area (Å²) in [6.07, 6.45) is 1.93.